The minimum absolute atomic E-state index is 0.00141. The summed E-state index contributed by atoms with van der Waals surface area (Å²) in [5.41, 5.74) is 0.334. The molecule has 11 heteroatoms. The van der Waals surface area contributed by atoms with E-state index < -0.39 is 53.5 Å². The van der Waals surface area contributed by atoms with Gasteiger partial charge in [-0.25, -0.2) is 14.2 Å². The van der Waals surface area contributed by atoms with Gasteiger partial charge in [0, 0.05) is 22.6 Å². The fraction of sp³-hybridized carbons (Fsp3) is 0.448. The summed E-state index contributed by atoms with van der Waals surface area (Å²) in [6.45, 7) is 3.53. The van der Waals surface area contributed by atoms with Crippen molar-refractivity contribution in [1.82, 2.24) is 14.9 Å². The number of fused-ring (bicyclic) bond motifs is 5. The molecule has 0 spiro atoms. The van der Waals surface area contributed by atoms with Crippen molar-refractivity contribution in [2.45, 2.75) is 64.8 Å². The highest BCUT2D eigenvalue weighted by molar-refractivity contribution is 5.94. The van der Waals surface area contributed by atoms with Gasteiger partial charge < -0.3 is 29.9 Å². The van der Waals surface area contributed by atoms with E-state index in [4.69, 9.17) is 9.72 Å². The number of ether oxygens (including phenoxy) is 1. The smallest absolute Gasteiger partial charge is 0.343 e. The molecule has 0 radical (unpaired) electrons. The minimum Gasteiger partial charge on any atom is -0.458 e. The van der Waals surface area contributed by atoms with Crippen LogP contribution in [0.1, 0.15) is 66.1 Å². The van der Waals surface area contributed by atoms with Crippen molar-refractivity contribution in [3.05, 3.63) is 61.7 Å². The summed E-state index contributed by atoms with van der Waals surface area (Å²) in [6.07, 6.45) is 0.903. The van der Waals surface area contributed by atoms with Crippen molar-refractivity contribution in [1.29, 1.82) is 0 Å². The number of aromatic nitrogens is 2. The lowest BCUT2D eigenvalue weighted by Gasteiger charge is -2.32. The first kappa shape index (κ1) is 26.5. The van der Waals surface area contributed by atoms with Gasteiger partial charge in [0.05, 0.1) is 53.7 Å². The van der Waals surface area contributed by atoms with E-state index in [2.05, 4.69) is 5.32 Å². The first-order valence-electron chi connectivity index (χ1n) is 13.3. The number of esters is 1. The Morgan fingerprint density at radius 3 is 2.65 bits per heavy atom. The average Bonchev–Trinajstić information content (AvgIpc) is 3.32. The molecule has 2 atom stereocenters. The highest BCUT2D eigenvalue weighted by atomic mass is 19.1. The predicted molar refractivity (Wildman–Crippen MR) is 141 cm³/mol. The molecule has 2 aromatic heterocycles. The molecular formula is C29H30FN3O7. The Labute approximate surface area is 228 Å². The van der Waals surface area contributed by atoms with Crippen LogP contribution >= 0.6 is 0 Å². The van der Waals surface area contributed by atoms with Crippen LogP contribution in [0.3, 0.4) is 0 Å². The molecule has 0 unspecified atom stereocenters. The standard InChI is InChI=1S/C29H30FN3O7/c1-4-29(39)17-7-21-24-15(9-33(21)25(36)16(17)10-40-27(29)38)23-19(32-26(37)28(3,11-34)12-35)6-5-14-13(2)18(30)8-20(31-24)22(14)23/h7-8,19,34-35,39H,4-6,9-12H2,1-3H3,(H,32,37)/t19-,29-/m0/s1. The van der Waals surface area contributed by atoms with Crippen LogP contribution in [0.15, 0.2) is 16.9 Å². The van der Waals surface area contributed by atoms with E-state index in [0.29, 0.717) is 51.8 Å². The Hall–Kier alpha value is -3.67. The van der Waals surface area contributed by atoms with Crippen LogP contribution < -0.4 is 10.9 Å². The van der Waals surface area contributed by atoms with Crippen LogP contribution in [-0.4, -0.2) is 50.0 Å². The largest absolute Gasteiger partial charge is 0.458 e. The van der Waals surface area contributed by atoms with Crippen molar-refractivity contribution in [2.24, 2.45) is 5.41 Å². The normalized spacial score (nSPS) is 21.1. The Morgan fingerprint density at radius 2 is 1.98 bits per heavy atom. The molecule has 1 aliphatic carbocycles. The number of aryl methyl sites for hydroxylation is 1. The van der Waals surface area contributed by atoms with E-state index >= 15 is 4.39 Å². The second-order valence-electron chi connectivity index (χ2n) is 11.3. The molecule has 3 aliphatic rings. The number of nitrogens with one attached hydrogen (secondary N) is 1. The molecule has 3 aromatic rings. The number of amides is 1. The van der Waals surface area contributed by atoms with E-state index in [1.807, 2.05) is 0 Å². The zero-order valence-electron chi connectivity index (χ0n) is 22.4. The SMILES string of the molecule is CC[C@@]1(O)C(=O)OCc2c1cc1n(c2=O)Cc2c-1nc1cc(F)c(C)c3c1c2[C@@H](NC(=O)C(C)(CO)CO)CC3. The van der Waals surface area contributed by atoms with Gasteiger partial charge in [0.2, 0.25) is 5.91 Å². The van der Waals surface area contributed by atoms with E-state index in [0.717, 1.165) is 5.56 Å². The van der Waals surface area contributed by atoms with Gasteiger partial charge in [-0.15, -0.1) is 0 Å². The summed E-state index contributed by atoms with van der Waals surface area (Å²) in [6, 6.07) is 2.37. The lowest BCUT2D eigenvalue weighted by atomic mass is 9.81. The van der Waals surface area contributed by atoms with Gasteiger partial charge in [-0.1, -0.05) is 6.92 Å². The molecule has 2 aliphatic heterocycles. The van der Waals surface area contributed by atoms with Crippen molar-refractivity contribution >= 4 is 22.8 Å². The molecule has 6 rings (SSSR count). The molecule has 40 heavy (non-hydrogen) atoms. The lowest BCUT2D eigenvalue weighted by molar-refractivity contribution is -0.172. The van der Waals surface area contributed by atoms with Gasteiger partial charge >= 0.3 is 5.97 Å². The van der Waals surface area contributed by atoms with Crippen molar-refractivity contribution < 1.29 is 34.0 Å². The number of cyclic esters (lactones) is 1. The summed E-state index contributed by atoms with van der Waals surface area (Å²) < 4.78 is 21.7. The van der Waals surface area contributed by atoms with E-state index in [1.54, 1.807) is 19.9 Å². The monoisotopic (exact) mass is 551 g/mol. The number of carbonyl (C=O) groups is 2. The third-order valence-electron chi connectivity index (χ3n) is 8.93. The number of hydrogen-bond acceptors (Lipinski definition) is 8. The van der Waals surface area contributed by atoms with Crippen LogP contribution in [0.5, 0.6) is 0 Å². The maximum atomic E-state index is 15.0. The number of pyridine rings is 2. The zero-order chi connectivity index (χ0) is 28.7. The number of rotatable bonds is 5. The molecule has 1 aromatic carbocycles. The zero-order valence-corrected chi connectivity index (χ0v) is 22.4. The molecule has 210 valence electrons. The molecule has 4 N–H and O–H groups in total. The Bertz CT molecular complexity index is 1690. The van der Waals surface area contributed by atoms with Crippen molar-refractivity contribution in [3.8, 4) is 11.4 Å². The number of halogens is 1. The molecule has 0 saturated carbocycles. The molecule has 0 bridgehead atoms. The predicted octanol–water partition coefficient (Wildman–Crippen LogP) is 1.62. The van der Waals surface area contributed by atoms with Gasteiger partial charge in [-0.2, -0.15) is 0 Å². The highest BCUT2D eigenvalue weighted by Gasteiger charge is 2.46. The number of nitrogens with zero attached hydrogens (tertiary/aromatic N) is 2. The number of benzene rings is 1. The second kappa shape index (κ2) is 8.92. The molecular weight excluding hydrogens is 521 g/mol. The third kappa shape index (κ3) is 3.44. The topological polar surface area (TPSA) is 151 Å². The Balaban J connectivity index is 1.61. The summed E-state index contributed by atoms with van der Waals surface area (Å²) >= 11 is 0. The maximum absolute atomic E-state index is 15.0. The van der Waals surface area contributed by atoms with E-state index in [-0.39, 0.29) is 30.7 Å². The van der Waals surface area contributed by atoms with Gasteiger partial charge in [0.1, 0.15) is 12.4 Å². The van der Waals surface area contributed by atoms with Crippen LogP contribution in [0.2, 0.25) is 0 Å². The summed E-state index contributed by atoms with van der Waals surface area (Å²) in [7, 11) is 0. The molecule has 10 nitrogen and oxygen atoms in total. The Morgan fingerprint density at radius 1 is 1.25 bits per heavy atom. The summed E-state index contributed by atoms with van der Waals surface area (Å²) in [4.78, 5) is 44.2. The quantitative estimate of drug-likeness (QED) is 0.273. The summed E-state index contributed by atoms with van der Waals surface area (Å²) in [5, 5.41) is 34.4. The lowest BCUT2D eigenvalue weighted by Crippen LogP contribution is -2.46. The number of aliphatic hydroxyl groups is 3. The number of hydrogen-bond donors (Lipinski definition) is 4. The minimum atomic E-state index is -1.98. The second-order valence-corrected chi connectivity index (χ2v) is 11.3. The van der Waals surface area contributed by atoms with Crippen molar-refractivity contribution in [3.63, 3.8) is 0 Å². The molecule has 0 fully saturated rings. The van der Waals surface area contributed by atoms with Crippen molar-refractivity contribution in [2.75, 3.05) is 13.2 Å². The highest BCUT2D eigenvalue weighted by Crippen LogP contribution is 2.46. The third-order valence-corrected chi connectivity index (χ3v) is 8.93. The number of carbonyl (C=O) groups excluding carboxylic acids is 2. The Kier molecular flexibility index (Phi) is 5.92. The first-order valence-corrected chi connectivity index (χ1v) is 13.3. The molecule has 1 amide bonds. The average molecular weight is 552 g/mol. The van der Waals surface area contributed by atoms with Crippen LogP contribution in [-0.2, 0) is 39.5 Å². The van der Waals surface area contributed by atoms with Gasteiger partial charge in [0.25, 0.3) is 5.56 Å². The summed E-state index contributed by atoms with van der Waals surface area (Å²) in [5.74, 6) is -1.77. The van der Waals surface area contributed by atoms with Gasteiger partial charge in [-0.3, -0.25) is 9.59 Å². The molecule has 4 heterocycles. The van der Waals surface area contributed by atoms with Crippen LogP contribution in [0, 0.1) is 18.2 Å². The van der Waals surface area contributed by atoms with Gasteiger partial charge in [0.15, 0.2) is 5.60 Å². The van der Waals surface area contributed by atoms with E-state index in [9.17, 15) is 29.7 Å². The maximum Gasteiger partial charge on any atom is 0.343 e. The fourth-order valence-corrected chi connectivity index (χ4v) is 6.23. The van der Waals surface area contributed by atoms with Gasteiger partial charge in [-0.05, 0) is 55.9 Å². The first-order chi connectivity index (χ1) is 19.0. The van der Waals surface area contributed by atoms with Crippen LogP contribution in [0.25, 0.3) is 22.3 Å². The van der Waals surface area contributed by atoms with Crippen LogP contribution in [0.4, 0.5) is 4.39 Å². The molecule has 0 saturated heterocycles. The fourth-order valence-electron chi connectivity index (χ4n) is 6.23. The van der Waals surface area contributed by atoms with E-state index in [1.165, 1.54) is 17.6 Å². The number of aliphatic hydroxyl groups excluding tert-OH is 2.